The number of nitrogens with zero attached hydrogens (tertiary/aromatic N) is 3. The van der Waals surface area contributed by atoms with Crippen LogP contribution in [0.15, 0.2) is 6.07 Å². The number of hydrogen-bond donors (Lipinski definition) is 1. The van der Waals surface area contributed by atoms with E-state index in [1.807, 2.05) is 13.8 Å². The summed E-state index contributed by atoms with van der Waals surface area (Å²) in [5.41, 5.74) is 0.0901. The van der Waals surface area contributed by atoms with Crippen LogP contribution in [-0.2, 0) is 0 Å². The molecule has 2 rings (SSSR count). The molecule has 0 spiro atoms. The third-order valence-electron chi connectivity index (χ3n) is 3.57. The molecule has 1 N–H and O–H groups in total. The summed E-state index contributed by atoms with van der Waals surface area (Å²) < 4.78 is 0. The Kier molecular flexibility index (Phi) is 4.02. The molecule has 0 unspecified atom stereocenters. The zero-order valence-electron chi connectivity index (χ0n) is 11.8. The summed E-state index contributed by atoms with van der Waals surface area (Å²) in [5, 5.41) is 9.15. The first-order valence-corrected chi connectivity index (χ1v) is 6.84. The zero-order valence-corrected chi connectivity index (χ0v) is 11.8. The van der Waals surface area contributed by atoms with Gasteiger partial charge in [-0.3, -0.25) is 0 Å². The monoisotopic (exact) mass is 263 g/mol. The van der Waals surface area contributed by atoms with E-state index in [9.17, 15) is 4.79 Å². The van der Waals surface area contributed by atoms with Crippen molar-refractivity contribution in [1.82, 2.24) is 9.97 Å². The van der Waals surface area contributed by atoms with Gasteiger partial charge >= 0.3 is 5.97 Å². The van der Waals surface area contributed by atoms with E-state index >= 15 is 0 Å². The van der Waals surface area contributed by atoms with Gasteiger partial charge in [0.05, 0.1) is 0 Å². The van der Waals surface area contributed by atoms with Gasteiger partial charge in [0.25, 0.3) is 0 Å². The van der Waals surface area contributed by atoms with E-state index in [0.717, 1.165) is 37.7 Å². The number of piperidine rings is 1. The Bertz CT molecular complexity index is 466. The SMILES string of the molecule is CC1CCN(c2cc(C(=O)O)nc(C(C)C)n2)CC1. The highest BCUT2D eigenvalue weighted by atomic mass is 16.4. The number of aromatic carboxylic acids is 1. The highest BCUT2D eigenvalue weighted by Gasteiger charge is 2.20. The van der Waals surface area contributed by atoms with Crippen LogP contribution in [-0.4, -0.2) is 34.1 Å². The van der Waals surface area contributed by atoms with Crippen molar-refractivity contribution in [3.05, 3.63) is 17.6 Å². The van der Waals surface area contributed by atoms with Gasteiger partial charge in [0.2, 0.25) is 0 Å². The summed E-state index contributed by atoms with van der Waals surface area (Å²) in [6.07, 6.45) is 2.26. The van der Waals surface area contributed by atoms with Gasteiger partial charge in [0.15, 0.2) is 5.69 Å². The molecular weight excluding hydrogens is 242 g/mol. The predicted octanol–water partition coefficient (Wildman–Crippen LogP) is 2.53. The van der Waals surface area contributed by atoms with Crippen LogP contribution in [0.25, 0.3) is 0 Å². The second-order valence-corrected chi connectivity index (χ2v) is 5.60. The molecule has 5 nitrogen and oxygen atoms in total. The summed E-state index contributed by atoms with van der Waals surface area (Å²) in [5.74, 6) is 1.23. The minimum Gasteiger partial charge on any atom is -0.477 e. The van der Waals surface area contributed by atoms with Gasteiger partial charge in [0.1, 0.15) is 11.6 Å². The van der Waals surface area contributed by atoms with Gasteiger partial charge in [-0.05, 0) is 18.8 Å². The topological polar surface area (TPSA) is 66.3 Å². The molecule has 0 aromatic carbocycles. The van der Waals surface area contributed by atoms with E-state index in [0.29, 0.717) is 5.82 Å². The second-order valence-electron chi connectivity index (χ2n) is 5.60. The maximum absolute atomic E-state index is 11.2. The van der Waals surface area contributed by atoms with Gasteiger partial charge in [0, 0.05) is 25.1 Å². The Labute approximate surface area is 113 Å². The lowest BCUT2D eigenvalue weighted by Gasteiger charge is -2.31. The fourth-order valence-corrected chi connectivity index (χ4v) is 2.22. The highest BCUT2D eigenvalue weighted by Crippen LogP contribution is 2.23. The largest absolute Gasteiger partial charge is 0.477 e. The lowest BCUT2D eigenvalue weighted by atomic mass is 9.99. The van der Waals surface area contributed by atoms with Crippen molar-refractivity contribution in [3.8, 4) is 0 Å². The molecule has 0 atom stereocenters. The lowest BCUT2D eigenvalue weighted by molar-refractivity contribution is 0.0690. The predicted molar refractivity (Wildman–Crippen MR) is 73.7 cm³/mol. The van der Waals surface area contributed by atoms with Crippen molar-refractivity contribution in [1.29, 1.82) is 0 Å². The lowest BCUT2D eigenvalue weighted by Crippen LogP contribution is -2.34. The van der Waals surface area contributed by atoms with Crippen molar-refractivity contribution >= 4 is 11.8 Å². The van der Waals surface area contributed by atoms with Crippen LogP contribution in [0.1, 0.15) is 55.8 Å². The van der Waals surface area contributed by atoms with Gasteiger partial charge in [-0.15, -0.1) is 0 Å². The van der Waals surface area contributed by atoms with Crippen LogP contribution in [0, 0.1) is 5.92 Å². The maximum Gasteiger partial charge on any atom is 0.354 e. The molecule has 1 aromatic rings. The molecule has 0 aliphatic carbocycles. The van der Waals surface area contributed by atoms with Crippen LogP contribution >= 0.6 is 0 Å². The first kappa shape index (κ1) is 13.8. The Morgan fingerprint density at radius 2 is 2.00 bits per heavy atom. The first-order valence-electron chi connectivity index (χ1n) is 6.84. The molecule has 104 valence electrons. The third-order valence-corrected chi connectivity index (χ3v) is 3.57. The number of hydrogen-bond acceptors (Lipinski definition) is 4. The van der Waals surface area contributed by atoms with Crippen molar-refractivity contribution in [3.63, 3.8) is 0 Å². The van der Waals surface area contributed by atoms with E-state index in [4.69, 9.17) is 5.11 Å². The molecule has 1 aromatic heterocycles. The van der Waals surface area contributed by atoms with Crippen LogP contribution in [0.3, 0.4) is 0 Å². The summed E-state index contributed by atoms with van der Waals surface area (Å²) in [7, 11) is 0. The molecule has 0 radical (unpaired) electrons. The minimum atomic E-state index is -0.990. The van der Waals surface area contributed by atoms with Crippen LogP contribution in [0.4, 0.5) is 5.82 Å². The Morgan fingerprint density at radius 3 is 2.53 bits per heavy atom. The number of carbonyl (C=O) groups is 1. The van der Waals surface area contributed by atoms with Crippen molar-refractivity contribution in [2.24, 2.45) is 5.92 Å². The molecule has 19 heavy (non-hydrogen) atoms. The van der Waals surface area contributed by atoms with Crippen LogP contribution < -0.4 is 4.90 Å². The molecule has 0 bridgehead atoms. The Hall–Kier alpha value is -1.65. The van der Waals surface area contributed by atoms with Gasteiger partial charge in [-0.1, -0.05) is 20.8 Å². The molecule has 0 amide bonds. The van der Waals surface area contributed by atoms with Gasteiger partial charge in [-0.2, -0.15) is 0 Å². The summed E-state index contributed by atoms with van der Waals surface area (Å²) >= 11 is 0. The van der Waals surface area contributed by atoms with Gasteiger partial charge < -0.3 is 10.0 Å². The maximum atomic E-state index is 11.2. The number of carboxylic acid groups (broad SMARTS) is 1. The van der Waals surface area contributed by atoms with Crippen LogP contribution in [0.2, 0.25) is 0 Å². The number of carboxylic acids is 1. The third kappa shape index (κ3) is 3.22. The zero-order chi connectivity index (χ0) is 14.0. The molecular formula is C14H21N3O2. The fraction of sp³-hybridized carbons (Fsp3) is 0.643. The summed E-state index contributed by atoms with van der Waals surface area (Å²) in [4.78, 5) is 21.9. The average Bonchev–Trinajstić information content (AvgIpc) is 2.39. The van der Waals surface area contributed by atoms with Crippen molar-refractivity contribution < 1.29 is 9.90 Å². The average molecular weight is 263 g/mol. The molecule has 1 aliphatic rings. The summed E-state index contributed by atoms with van der Waals surface area (Å²) in [6, 6.07) is 1.59. The first-order chi connectivity index (χ1) is 8.97. The summed E-state index contributed by atoms with van der Waals surface area (Å²) in [6.45, 7) is 8.08. The second kappa shape index (κ2) is 5.55. The Balaban J connectivity index is 2.31. The quantitative estimate of drug-likeness (QED) is 0.907. The molecule has 0 saturated carbocycles. The molecule has 5 heteroatoms. The molecule has 2 heterocycles. The van der Waals surface area contributed by atoms with Crippen molar-refractivity contribution in [2.75, 3.05) is 18.0 Å². The smallest absolute Gasteiger partial charge is 0.354 e. The molecule has 1 aliphatic heterocycles. The van der Waals surface area contributed by atoms with Gasteiger partial charge in [-0.25, -0.2) is 14.8 Å². The van der Waals surface area contributed by atoms with E-state index in [1.54, 1.807) is 6.07 Å². The highest BCUT2D eigenvalue weighted by molar-refractivity contribution is 5.86. The molecule has 1 saturated heterocycles. The van der Waals surface area contributed by atoms with E-state index in [2.05, 4.69) is 21.8 Å². The fourth-order valence-electron chi connectivity index (χ4n) is 2.22. The Morgan fingerprint density at radius 1 is 1.37 bits per heavy atom. The van der Waals surface area contributed by atoms with E-state index in [1.165, 1.54) is 0 Å². The number of aromatic nitrogens is 2. The number of rotatable bonds is 3. The number of anilines is 1. The normalized spacial score (nSPS) is 16.9. The minimum absolute atomic E-state index is 0.0901. The standard InChI is InChI=1S/C14H21N3O2/c1-9(2)13-15-11(14(18)19)8-12(16-13)17-6-4-10(3)5-7-17/h8-10H,4-7H2,1-3H3,(H,18,19). The van der Waals surface area contributed by atoms with E-state index < -0.39 is 5.97 Å². The van der Waals surface area contributed by atoms with E-state index in [-0.39, 0.29) is 11.6 Å². The molecule has 1 fully saturated rings. The van der Waals surface area contributed by atoms with Crippen molar-refractivity contribution in [2.45, 2.75) is 39.5 Å². The van der Waals surface area contributed by atoms with Crippen LogP contribution in [0.5, 0.6) is 0 Å².